The number of nitrogens with one attached hydrogen (secondary N) is 3. The van der Waals surface area contributed by atoms with Crippen molar-refractivity contribution in [3.63, 3.8) is 0 Å². The van der Waals surface area contributed by atoms with E-state index >= 15 is 0 Å². The van der Waals surface area contributed by atoms with Crippen molar-refractivity contribution < 1.29 is 23.9 Å². The van der Waals surface area contributed by atoms with Gasteiger partial charge in [-0.15, -0.1) is 0 Å². The van der Waals surface area contributed by atoms with Crippen molar-refractivity contribution in [3.05, 3.63) is 59.2 Å². The number of amides is 4. The molecular formula is C21H26N4O5. The van der Waals surface area contributed by atoms with Crippen molar-refractivity contribution >= 4 is 17.8 Å². The number of hydrogen-bond donors (Lipinski definition) is 4. The fraction of sp³-hybridized carbons (Fsp3) is 0.286. The first-order valence-corrected chi connectivity index (χ1v) is 9.37. The first-order valence-electron chi connectivity index (χ1n) is 9.37. The van der Waals surface area contributed by atoms with Crippen LogP contribution in [0.3, 0.4) is 0 Å². The number of rotatable bonds is 8. The molecule has 2 aromatic carbocycles. The topological polar surface area (TPSA) is 132 Å². The van der Waals surface area contributed by atoms with Gasteiger partial charge in [-0.05, 0) is 56.2 Å². The third-order valence-corrected chi connectivity index (χ3v) is 3.99. The first kappa shape index (κ1) is 22.5. The number of primary amides is 1. The zero-order chi connectivity index (χ0) is 22.1. The van der Waals surface area contributed by atoms with Gasteiger partial charge in [0.25, 0.3) is 5.91 Å². The van der Waals surface area contributed by atoms with Crippen LogP contribution >= 0.6 is 0 Å². The second-order valence-corrected chi connectivity index (χ2v) is 6.68. The Hall–Kier alpha value is -3.75. The number of urea groups is 1. The highest BCUT2D eigenvalue weighted by Crippen LogP contribution is 2.28. The Morgan fingerprint density at radius 3 is 2.43 bits per heavy atom. The van der Waals surface area contributed by atoms with Gasteiger partial charge in [0.2, 0.25) is 5.91 Å². The summed E-state index contributed by atoms with van der Waals surface area (Å²) in [7, 11) is 1.48. The molecule has 2 rings (SSSR count). The molecule has 0 saturated heterocycles. The molecule has 0 aliphatic carbocycles. The minimum atomic E-state index is -0.568. The van der Waals surface area contributed by atoms with Crippen molar-refractivity contribution in [2.45, 2.75) is 26.4 Å². The molecule has 0 radical (unpaired) electrons. The maximum Gasteiger partial charge on any atom is 0.333 e. The molecular weight excluding hydrogens is 388 g/mol. The van der Waals surface area contributed by atoms with Crippen LogP contribution in [-0.2, 0) is 6.42 Å². The van der Waals surface area contributed by atoms with E-state index in [0.29, 0.717) is 35.6 Å². The molecule has 4 amide bonds. The molecule has 9 heteroatoms. The summed E-state index contributed by atoms with van der Waals surface area (Å²) in [5, 5.41) is 2.61. The molecule has 0 bridgehead atoms. The maximum atomic E-state index is 12.3. The van der Waals surface area contributed by atoms with Crippen LogP contribution in [0.1, 0.15) is 40.1 Å². The lowest BCUT2D eigenvalue weighted by atomic mass is 10.1. The lowest BCUT2D eigenvalue weighted by molar-refractivity contribution is 0.0935. The van der Waals surface area contributed by atoms with Crippen molar-refractivity contribution in [3.8, 4) is 11.5 Å². The Morgan fingerprint density at radius 1 is 1.00 bits per heavy atom. The largest absolute Gasteiger partial charge is 0.493 e. The Balaban J connectivity index is 1.82. The monoisotopic (exact) mass is 414 g/mol. The van der Waals surface area contributed by atoms with Gasteiger partial charge in [-0.1, -0.05) is 12.1 Å². The highest BCUT2D eigenvalue weighted by atomic mass is 16.5. The number of benzene rings is 2. The van der Waals surface area contributed by atoms with E-state index in [2.05, 4.69) is 16.2 Å². The summed E-state index contributed by atoms with van der Waals surface area (Å²) in [6.07, 6.45) is 0.457. The second-order valence-electron chi connectivity index (χ2n) is 6.68. The van der Waals surface area contributed by atoms with Gasteiger partial charge >= 0.3 is 6.03 Å². The molecule has 0 aliphatic rings. The van der Waals surface area contributed by atoms with Crippen LogP contribution in [0.15, 0.2) is 42.5 Å². The van der Waals surface area contributed by atoms with Crippen LogP contribution in [0.2, 0.25) is 0 Å². The SMILES string of the molecule is COc1cc(C(=O)NNC(=O)NCCc2cccc(C(N)=O)c2)ccc1OC(C)C. The normalized spacial score (nSPS) is 10.3. The molecule has 0 fully saturated rings. The van der Waals surface area contributed by atoms with E-state index in [4.69, 9.17) is 15.2 Å². The predicted molar refractivity (Wildman–Crippen MR) is 111 cm³/mol. The van der Waals surface area contributed by atoms with E-state index in [0.717, 1.165) is 5.56 Å². The van der Waals surface area contributed by atoms with Gasteiger partial charge in [-0.25, -0.2) is 10.2 Å². The lowest BCUT2D eigenvalue weighted by Gasteiger charge is -2.14. The zero-order valence-electron chi connectivity index (χ0n) is 17.2. The van der Waals surface area contributed by atoms with Gasteiger partial charge in [0.05, 0.1) is 13.2 Å². The standard InChI is InChI=1S/C21H26N4O5/c1-13(2)30-17-8-7-16(12-18(17)29-3)20(27)24-25-21(28)23-10-9-14-5-4-6-15(11-14)19(22)26/h4-8,11-13H,9-10H2,1-3H3,(H2,22,26)(H,24,27)(H2,23,25,28). The quantitative estimate of drug-likeness (QED) is 0.489. The van der Waals surface area contributed by atoms with Crippen LogP contribution in [0.25, 0.3) is 0 Å². The number of hydrogen-bond acceptors (Lipinski definition) is 5. The van der Waals surface area contributed by atoms with Crippen molar-refractivity contribution in [1.82, 2.24) is 16.2 Å². The molecule has 5 N–H and O–H groups in total. The smallest absolute Gasteiger partial charge is 0.333 e. The minimum Gasteiger partial charge on any atom is -0.493 e. The van der Waals surface area contributed by atoms with E-state index in [1.54, 1.807) is 30.3 Å². The number of carbonyl (C=O) groups is 3. The zero-order valence-corrected chi connectivity index (χ0v) is 17.2. The molecule has 0 aromatic heterocycles. The fourth-order valence-electron chi connectivity index (χ4n) is 2.59. The molecule has 0 saturated carbocycles. The van der Waals surface area contributed by atoms with Crippen LogP contribution < -0.4 is 31.4 Å². The Bertz CT molecular complexity index is 914. The van der Waals surface area contributed by atoms with E-state index in [1.807, 2.05) is 19.9 Å². The molecule has 160 valence electrons. The number of nitrogens with two attached hydrogens (primary N) is 1. The molecule has 2 aromatic rings. The van der Waals surface area contributed by atoms with Gasteiger partial charge < -0.3 is 20.5 Å². The molecule has 0 atom stereocenters. The van der Waals surface area contributed by atoms with Gasteiger partial charge in [0.1, 0.15) is 0 Å². The number of ether oxygens (including phenoxy) is 2. The summed E-state index contributed by atoms with van der Waals surface area (Å²) in [6.45, 7) is 4.08. The molecule has 0 spiro atoms. The van der Waals surface area contributed by atoms with Crippen LogP contribution in [0, 0.1) is 0 Å². The Labute approximate surface area is 174 Å². The molecule has 9 nitrogen and oxygen atoms in total. The average molecular weight is 414 g/mol. The predicted octanol–water partition coefficient (Wildman–Crippen LogP) is 1.77. The molecule has 0 heterocycles. The Morgan fingerprint density at radius 2 is 1.77 bits per heavy atom. The summed E-state index contributed by atoms with van der Waals surface area (Å²) in [5.41, 5.74) is 11.4. The second kappa shape index (κ2) is 10.7. The molecule has 0 aliphatic heterocycles. The summed E-state index contributed by atoms with van der Waals surface area (Å²) in [6, 6.07) is 11.0. The van der Waals surface area contributed by atoms with Gasteiger partial charge in [-0.2, -0.15) is 0 Å². The third-order valence-electron chi connectivity index (χ3n) is 3.99. The summed E-state index contributed by atoms with van der Waals surface area (Å²) in [5.74, 6) is -0.0754. The van der Waals surface area contributed by atoms with Crippen LogP contribution in [0.5, 0.6) is 11.5 Å². The van der Waals surface area contributed by atoms with E-state index < -0.39 is 17.8 Å². The minimum absolute atomic E-state index is 0.0396. The maximum absolute atomic E-state index is 12.3. The summed E-state index contributed by atoms with van der Waals surface area (Å²) >= 11 is 0. The molecule has 0 unspecified atom stereocenters. The van der Waals surface area contributed by atoms with Crippen LogP contribution in [-0.4, -0.2) is 37.6 Å². The van der Waals surface area contributed by atoms with E-state index in [-0.39, 0.29) is 6.10 Å². The van der Waals surface area contributed by atoms with Crippen LogP contribution in [0.4, 0.5) is 4.79 Å². The highest BCUT2D eigenvalue weighted by molar-refractivity contribution is 5.96. The number of methoxy groups -OCH3 is 1. The van der Waals surface area contributed by atoms with Crippen molar-refractivity contribution in [2.75, 3.05) is 13.7 Å². The third kappa shape index (κ3) is 6.69. The van der Waals surface area contributed by atoms with E-state index in [9.17, 15) is 14.4 Å². The van der Waals surface area contributed by atoms with Gasteiger partial charge in [0, 0.05) is 17.7 Å². The Kier molecular flexibility index (Phi) is 8.04. The number of hydrazine groups is 1. The first-order chi connectivity index (χ1) is 14.3. The van der Waals surface area contributed by atoms with E-state index in [1.165, 1.54) is 13.2 Å². The van der Waals surface area contributed by atoms with Gasteiger partial charge in [0.15, 0.2) is 11.5 Å². The summed E-state index contributed by atoms with van der Waals surface area (Å²) in [4.78, 5) is 35.3. The fourth-order valence-corrected chi connectivity index (χ4v) is 2.59. The summed E-state index contributed by atoms with van der Waals surface area (Å²) < 4.78 is 10.9. The lowest BCUT2D eigenvalue weighted by Crippen LogP contribution is -2.47. The molecule has 30 heavy (non-hydrogen) atoms. The van der Waals surface area contributed by atoms with Gasteiger partial charge in [-0.3, -0.25) is 15.0 Å². The van der Waals surface area contributed by atoms with Crippen molar-refractivity contribution in [2.24, 2.45) is 5.73 Å². The average Bonchev–Trinajstić information content (AvgIpc) is 2.72. The highest BCUT2D eigenvalue weighted by Gasteiger charge is 2.13. The van der Waals surface area contributed by atoms with Crippen molar-refractivity contribution in [1.29, 1.82) is 0 Å². The number of carbonyl (C=O) groups excluding carboxylic acids is 3.